The number of rotatable bonds is 7. The minimum absolute atomic E-state index is 0.906. The minimum Gasteiger partial charge on any atom is -0.356 e. The molecular formula is C17H27N3. The summed E-state index contributed by atoms with van der Waals surface area (Å²) in [5.41, 5.74) is 2.74. The van der Waals surface area contributed by atoms with Gasteiger partial charge in [0.15, 0.2) is 5.96 Å². The van der Waals surface area contributed by atoms with Gasteiger partial charge in [0.25, 0.3) is 0 Å². The van der Waals surface area contributed by atoms with Crippen LogP contribution in [0.5, 0.6) is 0 Å². The molecule has 110 valence electrons. The van der Waals surface area contributed by atoms with Crippen molar-refractivity contribution in [2.45, 2.75) is 26.2 Å². The van der Waals surface area contributed by atoms with E-state index in [-0.39, 0.29) is 0 Å². The van der Waals surface area contributed by atoms with E-state index in [2.05, 4.69) is 60.0 Å². The zero-order valence-corrected chi connectivity index (χ0v) is 13.0. The Balaban J connectivity index is 2.38. The monoisotopic (exact) mass is 273 g/mol. The highest BCUT2D eigenvalue weighted by atomic mass is 15.3. The maximum Gasteiger partial charge on any atom is 0.193 e. The molecule has 0 unspecified atom stereocenters. The van der Waals surface area contributed by atoms with Crippen LogP contribution in [0.2, 0.25) is 0 Å². The molecule has 3 nitrogen and oxygen atoms in total. The van der Waals surface area contributed by atoms with Gasteiger partial charge in [-0.05, 0) is 37.3 Å². The topological polar surface area (TPSA) is 27.6 Å². The minimum atomic E-state index is 0.906. The van der Waals surface area contributed by atoms with Crippen LogP contribution in [-0.4, -0.2) is 38.0 Å². The van der Waals surface area contributed by atoms with E-state index in [0.29, 0.717) is 0 Å². The third-order valence-electron chi connectivity index (χ3n) is 3.41. The second-order valence-electron chi connectivity index (χ2n) is 5.00. The van der Waals surface area contributed by atoms with Crippen molar-refractivity contribution in [3.8, 4) is 0 Å². The van der Waals surface area contributed by atoms with E-state index in [0.717, 1.165) is 38.3 Å². The van der Waals surface area contributed by atoms with Gasteiger partial charge >= 0.3 is 0 Å². The maximum absolute atomic E-state index is 4.33. The van der Waals surface area contributed by atoms with E-state index in [1.807, 2.05) is 13.1 Å². The van der Waals surface area contributed by atoms with Gasteiger partial charge in [-0.25, -0.2) is 0 Å². The number of nitrogens with one attached hydrogen (secondary N) is 1. The molecule has 0 aromatic heterocycles. The van der Waals surface area contributed by atoms with Crippen molar-refractivity contribution in [3.63, 3.8) is 0 Å². The fraction of sp³-hybridized carbons (Fsp3) is 0.471. The van der Waals surface area contributed by atoms with Gasteiger partial charge in [-0.15, -0.1) is 6.58 Å². The lowest BCUT2D eigenvalue weighted by atomic mass is 10.1. The van der Waals surface area contributed by atoms with Crippen LogP contribution >= 0.6 is 0 Å². The van der Waals surface area contributed by atoms with Crippen molar-refractivity contribution < 1.29 is 0 Å². The Hall–Kier alpha value is -1.77. The van der Waals surface area contributed by atoms with Gasteiger partial charge in [-0.2, -0.15) is 0 Å². The number of aryl methyl sites for hydroxylation is 1. The Labute approximate surface area is 123 Å². The van der Waals surface area contributed by atoms with Crippen LogP contribution in [0.4, 0.5) is 0 Å². The molecule has 1 N–H and O–H groups in total. The normalized spacial score (nSPS) is 11.2. The highest BCUT2D eigenvalue weighted by molar-refractivity contribution is 5.79. The molecule has 0 spiro atoms. The van der Waals surface area contributed by atoms with Gasteiger partial charge < -0.3 is 10.2 Å². The Bertz CT molecular complexity index is 438. The molecule has 0 radical (unpaired) electrons. The average Bonchev–Trinajstić information content (AvgIpc) is 2.45. The zero-order chi connectivity index (χ0) is 14.8. The van der Waals surface area contributed by atoms with Crippen LogP contribution in [-0.2, 0) is 6.42 Å². The molecule has 0 aliphatic carbocycles. The molecule has 0 aliphatic heterocycles. The molecule has 20 heavy (non-hydrogen) atoms. The number of aliphatic imine (C=N–C) groups is 1. The fourth-order valence-corrected chi connectivity index (χ4v) is 2.16. The van der Waals surface area contributed by atoms with Gasteiger partial charge in [0.05, 0.1) is 0 Å². The lowest BCUT2D eigenvalue weighted by Crippen LogP contribution is -2.40. The quantitative estimate of drug-likeness (QED) is 0.358. The van der Waals surface area contributed by atoms with Crippen LogP contribution in [0.3, 0.4) is 0 Å². The van der Waals surface area contributed by atoms with Crippen LogP contribution in [0.25, 0.3) is 0 Å². The van der Waals surface area contributed by atoms with Crippen molar-refractivity contribution in [2.24, 2.45) is 4.99 Å². The Morgan fingerprint density at radius 2 is 2.15 bits per heavy atom. The molecule has 0 atom stereocenters. The SMILES string of the molecule is C=CCCCN(C)C(=NC)NCCc1ccccc1C. The van der Waals surface area contributed by atoms with Crippen molar-refractivity contribution in [1.82, 2.24) is 10.2 Å². The van der Waals surface area contributed by atoms with Crippen molar-refractivity contribution in [3.05, 3.63) is 48.0 Å². The molecule has 0 amide bonds. The van der Waals surface area contributed by atoms with Crippen molar-refractivity contribution in [2.75, 3.05) is 27.2 Å². The van der Waals surface area contributed by atoms with Crippen LogP contribution in [0.1, 0.15) is 24.0 Å². The summed E-state index contributed by atoms with van der Waals surface area (Å²) in [6.45, 7) is 7.81. The summed E-state index contributed by atoms with van der Waals surface area (Å²) in [7, 11) is 3.91. The second kappa shape index (κ2) is 9.18. The summed E-state index contributed by atoms with van der Waals surface area (Å²) in [6.07, 6.45) is 5.14. The van der Waals surface area contributed by atoms with E-state index in [4.69, 9.17) is 0 Å². The first-order chi connectivity index (χ1) is 9.69. The highest BCUT2D eigenvalue weighted by Crippen LogP contribution is 2.06. The third kappa shape index (κ3) is 5.47. The summed E-state index contributed by atoms with van der Waals surface area (Å²) < 4.78 is 0. The number of nitrogens with zero attached hydrogens (tertiary/aromatic N) is 2. The van der Waals surface area contributed by atoms with E-state index >= 15 is 0 Å². The van der Waals surface area contributed by atoms with Gasteiger partial charge in [-0.1, -0.05) is 30.3 Å². The average molecular weight is 273 g/mol. The Morgan fingerprint density at radius 1 is 1.40 bits per heavy atom. The lowest BCUT2D eigenvalue weighted by Gasteiger charge is -2.22. The van der Waals surface area contributed by atoms with Crippen molar-refractivity contribution in [1.29, 1.82) is 0 Å². The molecule has 3 heteroatoms. The van der Waals surface area contributed by atoms with Crippen LogP contribution < -0.4 is 5.32 Å². The molecular weight excluding hydrogens is 246 g/mol. The predicted molar refractivity (Wildman–Crippen MR) is 88.3 cm³/mol. The number of hydrogen-bond acceptors (Lipinski definition) is 1. The fourth-order valence-electron chi connectivity index (χ4n) is 2.16. The zero-order valence-electron chi connectivity index (χ0n) is 13.0. The number of guanidine groups is 1. The summed E-state index contributed by atoms with van der Waals surface area (Å²) >= 11 is 0. The van der Waals surface area contributed by atoms with E-state index in [9.17, 15) is 0 Å². The van der Waals surface area contributed by atoms with Gasteiger partial charge in [-0.3, -0.25) is 4.99 Å². The van der Waals surface area contributed by atoms with Crippen LogP contribution in [0.15, 0.2) is 41.9 Å². The molecule has 0 heterocycles. The predicted octanol–water partition coefficient (Wildman–Crippen LogP) is 3.01. The summed E-state index contributed by atoms with van der Waals surface area (Å²) in [5, 5.41) is 3.42. The number of allylic oxidation sites excluding steroid dienone is 1. The van der Waals surface area contributed by atoms with Crippen molar-refractivity contribution >= 4 is 5.96 Å². The van der Waals surface area contributed by atoms with E-state index < -0.39 is 0 Å². The number of unbranched alkanes of at least 4 members (excludes halogenated alkanes) is 1. The first-order valence-electron chi connectivity index (χ1n) is 7.26. The van der Waals surface area contributed by atoms with Gasteiger partial charge in [0, 0.05) is 27.2 Å². The third-order valence-corrected chi connectivity index (χ3v) is 3.41. The maximum atomic E-state index is 4.33. The molecule has 0 fully saturated rings. The summed E-state index contributed by atoms with van der Waals surface area (Å²) in [5.74, 6) is 0.961. The summed E-state index contributed by atoms with van der Waals surface area (Å²) in [4.78, 5) is 6.49. The van der Waals surface area contributed by atoms with Crippen LogP contribution in [0, 0.1) is 6.92 Å². The lowest BCUT2D eigenvalue weighted by molar-refractivity contribution is 0.470. The van der Waals surface area contributed by atoms with Gasteiger partial charge in [0.2, 0.25) is 0 Å². The molecule has 1 aromatic carbocycles. The highest BCUT2D eigenvalue weighted by Gasteiger charge is 2.04. The molecule has 1 rings (SSSR count). The molecule has 0 saturated carbocycles. The standard InChI is InChI=1S/C17H27N3/c1-5-6-9-14-20(4)17(18-3)19-13-12-16-11-8-7-10-15(16)2/h5,7-8,10-11H,1,6,9,12-14H2,2-4H3,(H,18,19). The molecule has 0 saturated heterocycles. The number of hydrogen-bond donors (Lipinski definition) is 1. The molecule has 0 aliphatic rings. The Kier molecular flexibility index (Phi) is 7.48. The first kappa shape index (κ1) is 16.3. The molecule has 1 aromatic rings. The second-order valence-corrected chi connectivity index (χ2v) is 5.00. The summed E-state index contributed by atoms with van der Waals surface area (Å²) in [6, 6.07) is 8.52. The van der Waals surface area contributed by atoms with E-state index in [1.54, 1.807) is 0 Å². The first-order valence-corrected chi connectivity index (χ1v) is 7.26. The molecule has 0 bridgehead atoms. The smallest absolute Gasteiger partial charge is 0.193 e. The Morgan fingerprint density at radius 3 is 2.80 bits per heavy atom. The largest absolute Gasteiger partial charge is 0.356 e. The van der Waals surface area contributed by atoms with Gasteiger partial charge in [0.1, 0.15) is 0 Å². The van der Waals surface area contributed by atoms with E-state index in [1.165, 1.54) is 11.1 Å². The number of benzene rings is 1.